The molecule has 1 atom stereocenters. The summed E-state index contributed by atoms with van der Waals surface area (Å²) in [5.74, 6) is -0.777. The maximum atomic E-state index is 13.8. The summed E-state index contributed by atoms with van der Waals surface area (Å²) >= 11 is 0. The van der Waals surface area contributed by atoms with E-state index in [0.717, 1.165) is 16.8 Å². The summed E-state index contributed by atoms with van der Waals surface area (Å²) in [6.07, 6.45) is 2.63. The third-order valence-electron chi connectivity index (χ3n) is 3.33. The fraction of sp³-hybridized carbons (Fsp3) is 0.462. The van der Waals surface area contributed by atoms with Gasteiger partial charge in [-0.1, -0.05) is 12.5 Å². The first-order valence-corrected chi connectivity index (χ1v) is 7.64. The van der Waals surface area contributed by atoms with Gasteiger partial charge >= 0.3 is 0 Å². The molecule has 1 unspecified atom stereocenters. The van der Waals surface area contributed by atoms with Gasteiger partial charge in [-0.15, -0.1) is 0 Å². The fourth-order valence-electron chi connectivity index (χ4n) is 2.30. The van der Waals surface area contributed by atoms with E-state index in [1.165, 1.54) is 12.1 Å². The van der Waals surface area contributed by atoms with Crippen molar-refractivity contribution in [2.75, 3.05) is 6.54 Å². The zero-order valence-electron chi connectivity index (χ0n) is 10.7. The Morgan fingerprint density at radius 3 is 2.79 bits per heavy atom. The average Bonchev–Trinajstić information content (AvgIpc) is 2.41. The second-order valence-electron chi connectivity index (χ2n) is 4.75. The van der Waals surface area contributed by atoms with Crippen molar-refractivity contribution in [2.45, 2.75) is 37.1 Å². The monoisotopic (exact) mass is 285 g/mol. The number of piperidine rings is 1. The maximum absolute atomic E-state index is 13.8. The van der Waals surface area contributed by atoms with Gasteiger partial charge in [0.15, 0.2) is 0 Å². The molecule has 0 N–H and O–H groups in total. The lowest BCUT2D eigenvalue weighted by atomic mass is 10.1. The molecule has 0 aromatic heterocycles. The van der Waals surface area contributed by atoms with E-state index in [4.69, 9.17) is 0 Å². The molecule has 6 heteroatoms. The SMILES string of the molecule is Cc1ccc(F)c(S(=O)(=O)N2CCCCC2C=O)c1. The van der Waals surface area contributed by atoms with E-state index in [9.17, 15) is 17.6 Å². The van der Waals surface area contributed by atoms with Crippen molar-refractivity contribution in [3.8, 4) is 0 Å². The number of aryl methyl sites for hydroxylation is 1. The molecule has 1 aliphatic rings. The fourth-order valence-corrected chi connectivity index (χ4v) is 4.08. The van der Waals surface area contributed by atoms with Crippen LogP contribution in [0, 0.1) is 12.7 Å². The van der Waals surface area contributed by atoms with Crippen molar-refractivity contribution in [1.29, 1.82) is 0 Å². The first kappa shape index (κ1) is 14.1. The molecule has 19 heavy (non-hydrogen) atoms. The van der Waals surface area contributed by atoms with Gasteiger partial charge in [0.25, 0.3) is 0 Å². The summed E-state index contributed by atoms with van der Waals surface area (Å²) in [6, 6.07) is 3.28. The van der Waals surface area contributed by atoms with Gasteiger partial charge in [0, 0.05) is 6.54 Å². The van der Waals surface area contributed by atoms with E-state index < -0.39 is 21.9 Å². The smallest absolute Gasteiger partial charge is 0.246 e. The van der Waals surface area contributed by atoms with Crippen molar-refractivity contribution < 1.29 is 17.6 Å². The van der Waals surface area contributed by atoms with E-state index in [-0.39, 0.29) is 11.4 Å². The van der Waals surface area contributed by atoms with Gasteiger partial charge in [-0.05, 0) is 37.5 Å². The Morgan fingerprint density at radius 1 is 1.37 bits per heavy atom. The van der Waals surface area contributed by atoms with Crippen LogP contribution in [0.25, 0.3) is 0 Å². The predicted molar refractivity (Wildman–Crippen MR) is 68.7 cm³/mol. The molecule has 1 fully saturated rings. The zero-order valence-corrected chi connectivity index (χ0v) is 11.5. The van der Waals surface area contributed by atoms with Crippen LogP contribution in [-0.2, 0) is 14.8 Å². The van der Waals surface area contributed by atoms with Crippen LogP contribution in [0.1, 0.15) is 24.8 Å². The first-order valence-electron chi connectivity index (χ1n) is 6.20. The Bertz CT molecular complexity index is 586. The summed E-state index contributed by atoms with van der Waals surface area (Å²) in [6.45, 7) is 1.96. The largest absolute Gasteiger partial charge is 0.302 e. The number of sulfonamides is 1. The number of aldehydes is 1. The third kappa shape index (κ3) is 2.69. The first-order chi connectivity index (χ1) is 8.96. The summed E-state index contributed by atoms with van der Waals surface area (Å²) in [7, 11) is -3.95. The normalized spacial score (nSPS) is 21.3. The molecule has 0 spiro atoms. The number of hydrogen-bond acceptors (Lipinski definition) is 3. The molecule has 104 valence electrons. The predicted octanol–water partition coefficient (Wildman–Crippen LogP) is 1.88. The van der Waals surface area contributed by atoms with Crippen molar-refractivity contribution in [1.82, 2.24) is 4.31 Å². The minimum absolute atomic E-state index is 0.263. The lowest BCUT2D eigenvalue weighted by Gasteiger charge is -2.31. The topological polar surface area (TPSA) is 54.5 Å². The second-order valence-corrected chi connectivity index (χ2v) is 6.61. The van der Waals surface area contributed by atoms with Gasteiger partial charge in [0.1, 0.15) is 17.0 Å². The van der Waals surface area contributed by atoms with Crippen molar-refractivity contribution in [3.63, 3.8) is 0 Å². The van der Waals surface area contributed by atoms with Crippen LogP contribution < -0.4 is 0 Å². The Labute approximate surface area is 112 Å². The number of benzene rings is 1. The van der Waals surface area contributed by atoms with Gasteiger partial charge in [0.2, 0.25) is 10.0 Å². The standard InChI is InChI=1S/C13H16FNO3S/c1-10-5-6-12(14)13(8-10)19(17,18)15-7-3-2-4-11(15)9-16/h5-6,8-9,11H,2-4,7H2,1H3. The van der Waals surface area contributed by atoms with Gasteiger partial charge in [-0.25, -0.2) is 12.8 Å². The molecule has 1 saturated heterocycles. The molecule has 0 saturated carbocycles. The molecule has 1 aliphatic heterocycles. The Kier molecular flexibility index (Phi) is 4.01. The Hall–Kier alpha value is -1.27. The van der Waals surface area contributed by atoms with Crippen LogP contribution in [0.4, 0.5) is 4.39 Å². The highest BCUT2D eigenvalue weighted by atomic mass is 32.2. The number of nitrogens with zero attached hydrogens (tertiary/aromatic N) is 1. The summed E-state index contributed by atoms with van der Waals surface area (Å²) in [5, 5.41) is 0. The molecule has 1 aromatic carbocycles. The number of halogens is 1. The number of carbonyl (C=O) groups excluding carboxylic acids is 1. The van der Waals surface area contributed by atoms with Gasteiger partial charge in [0.05, 0.1) is 6.04 Å². The summed E-state index contributed by atoms with van der Waals surface area (Å²) in [5.41, 5.74) is 0.666. The number of rotatable bonds is 3. The van der Waals surface area contributed by atoms with Crippen LogP contribution in [0.5, 0.6) is 0 Å². The highest BCUT2D eigenvalue weighted by Crippen LogP contribution is 2.26. The van der Waals surface area contributed by atoms with Crippen molar-refractivity contribution in [2.24, 2.45) is 0 Å². The molecule has 0 bridgehead atoms. The van der Waals surface area contributed by atoms with Crippen molar-refractivity contribution in [3.05, 3.63) is 29.6 Å². The van der Waals surface area contributed by atoms with Crippen LogP contribution in [0.3, 0.4) is 0 Å². The van der Waals surface area contributed by atoms with E-state index in [1.807, 2.05) is 0 Å². The van der Waals surface area contributed by atoms with Crippen LogP contribution in [-0.4, -0.2) is 31.6 Å². The summed E-state index contributed by atoms with van der Waals surface area (Å²) in [4.78, 5) is 10.7. The van der Waals surface area contributed by atoms with E-state index >= 15 is 0 Å². The lowest BCUT2D eigenvalue weighted by molar-refractivity contribution is -0.111. The van der Waals surface area contributed by atoms with Crippen LogP contribution in [0.15, 0.2) is 23.1 Å². The minimum atomic E-state index is -3.95. The molecule has 0 amide bonds. The molecule has 4 nitrogen and oxygen atoms in total. The van der Waals surface area contributed by atoms with Crippen molar-refractivity contribution >= 4 is 16.3 Å². The molecule has 1 heterocycles. The van der Waals surface area contributed by atoms with Crippen LogP contribution in [0.2, 0.25) is 0 Å². The number of hydrogen-bond donors (Lipinski definition) is 0. The molecule has 2 rings (SSSR count). The highest BCUT2D eigenvalue weighted by molar-refractivity contribution is 7.89. The highest BCUT2D eigenvalue weighted by Gasteiger charge is 2.34. The molecule has 1 aromatic rings. The molecular formula is C13H16FNO3S. The quantitative estimate of drug-likeness (QED) is 0.797. The second kappa shape index (κ2) is 5.38. The van der Waals surface area contributed by atoms with E-state index in [2.05, 4.69) is 0 Å². The summed E-state index contributed by atoms with van der Waals surface area (Å²) < 4.78 is 39.8. The lowest BCUT2D eigenvalue weighted by Crippen LogP contribution is -2.44. The minimum Gasteiger partial charge on any atom is -0.302 e. The Morgan fingerprint density at radius 2 is 2.11 bits per heavy atom. The van der Waals surface area contributed by atoms with Crippen LogP contribution >= 0.6 is 0 Å². The molecule has 0 aliphatic carbocycles. The maximum Gasteiger partial charge on any atom is 0.246 e. The van der Waals surface area contributed by atoms with Gasteiger partial charge in [-0.2, -0.15) is 4.31 Å². The third-order valence-corrected chi connectivity index (χ3v) is 5.27. The average molecular weight is 285 g/mol. The molecular weight excluding hydrogens is 269 g/mol. The molecule has 0 radical (unpaired) electrons. The van der Waals surface area contributed by atoms with E-state index in [1.54, 1.807) is 6.92 Å². The zero-order chi connectivity index (χ0) is 14.0. The Balaban J connectivity index is 2.46. The van der Waals surface area contributed by atoms with E-state index in [0.29, 0.717) is 24.7 Å². The van der Waals surface area contributed by atoms with Gasteiger partial charge in [-0.3, -0.25) is 0 Å². The number of carbonyl (C=O) groups is 1. The van der Waals surface area contributed by atoms with Gasteiger partial charge < -0.3 is 4.79 Å².